The Labute approximate surface area is 158 Å². The fraction of sp³-hybridized carbons (Fsp3) is 0.188. The fourth-order valence-corrected chi connectivity index (χ4v) is 2.32. The van der Waals surface area contributed by atoms with Gasteiger partial charge in [0, 0.05) is 22.3 Å². The lowest BCUT2D eigenvalue weighted by atomic mass is 10.2. The van der Waals surface area contributed by atoms with Crippen LogP contribution in [-0.2, 0) is 0 Å². The molecular weight excluding hydrogens is 440 g/mol. The van der Waals surface area contributed by atoms with Gasteiger partial charge in [0.05, 0.1) is 10.6 Å². The molecule has 2 rings (SSSR count). The fourth-order valence-electron chi connectivity index (χ4n) is 1.86. The molecule has 6 nitrogen and oxygen atoms in total. The number of aliphatic imine (C=N–C) groups is 1. The third-order valence-corrected chi connectivity index (χ3v) is 3.68. The number of ether oxygens (including phenoxy) is 1. The monoisotopic (exact) mass is 450 g/mol. The summed E-state index contributed by atoms with van der Waals surface area (Å²) in [4.78, 5) is 14.1. The molecule has 0 aliphatic carbocycles. The van der Waals surface area contributed by atoms with Gasteiger partial charge in [-0.05, 0) is 30.3 Å². The maximum absolute atomic E-state index is 12.8. The third-order valence-electron chi connectivity index (χ3n) is 3.22. The van der Waals surface area contributed by atoms with Crippen molar-refractivity contribution in [2.45, 2.75) is 12.3 Å². The van der Waals surface area contributed by atoms with Gasteiger partial charge in [0.15, 0.2) is 6.61 Å². The average molecular weight is 451 g/mol. The van der Waals surface area contributed by atoms with E-state index < -0.39 is 35.3 Å². The van der Waals surface area contributed by atoms with Gasteiger partial charge in [-0.3, -0.25) is 15.1 Å². The molecule has 1 N–H and O–H groups in total. The molecule has 0 amide bonds. The normalized spacial score (nSPS) is 11.9. The molecule has 2 aromatic carbocycles. The molecule has 0 radical (unpaired) electrons. The smallest absolute Gasteiger partial charge is 0.340 e. The van der Waals surface area contributed by atoms with E-state index in [1.165, 1.54) is 36.5 Å². The molecular formula is C16H11BrF4N2O4. The van der Waals surface area contributed by atoms with Crippen LogP contribution in [0.4, 0.5) is 28.9 Å². The molecule has 0 heterocycles. The molecule has 11 heteroatoms. The molecule has 0 atom stereocenters. The molecule has 0 spiro atoms. The second kappa shape index (κ2) is 8.33. The van der Waals surface area contributed by atoms with Gasteiger partial charge in [0.2, 0.25) is 5.75 Å². The number of phenols is 1. The standard InChI is InChI=1S/C16H11BrF4N2O4/c17-10-5-9(14(24)13(6-10)23(25)26)7-22-11-1-3-12(4-2-11)27-8-16(20,21)15(18)19/h1-7,15,24H,8H2. The number of nitrogens with zero attached hydrogens (tertiary/aromatic N) is 2. The number of rotatable bonds is 7. The molecule has 0 aromatic heterocycles. The van der Waals surface area contributed by atoms with E-state index in [4.69, 9.17) is 0 Å². The van der Waals surface area contributed by atoms with E-state index in [0.717, 1.165) is 6.07 Å². The van der Waals surface area contributed by atoms with Crippen molar-refractivity contribution in [3.63, 3.8) is 0 Å². The van der Waals surface area contributed by atoms with Crippen molar-refractivity contribution >= 4 is 33.5 Å². The zero-order valence-corrected chi connectivity index (χ0v) is 14.9. The van der Waals surface area contributed by atoms with E-state index in [1.807, 2.05) is 0 Å². The topological polar surface area (TPSA) is 85.0 Å². The quantitative estimate of drug-likeness (QED) is 0.275. The summed E-state index contributed by atoms with van der Waals surface area (Å²) in [5.41, 5.74) is -0.118. The number of nitro benzene ring substituents is 1. The molecule has 0 aliphatic heterocycles. The maximum Gasteiger partial charge on any atom is 0.340 e. The Morgan fingerprint density at radius 3 is 2.48 bits per heavy atom. The maximum atomic E-state index is 12.8. The minimum atomic E-state index is -4.26. The molecule has 0 bridgehead atoms. The van der Waals surface area contributed by atoms with Gasteiger partial charge in [0.25, 0.3) is 0 Å². The first-order chi connectivity index (χ1) is 12.6. The van der Waals surface area contributed by atoms with Gasteiger partial charge in [-0.2, -0.15) is 8.78 Å². The SMILES string of the molecule is O=[N+]([O-])c1cc(Br)cc(C=Nc2ccc(OCC(F)(F)C(F)F)cc2)c1O. The number of phenolic OH excluding ortho intramolecular Hbond substituents is 1. The van der Waals surface area contributed by atoms with E-state index in [0.29, 0.717) is 10.2 Å². The summed E-state index contributed by atoms with van der Waals surface area (Å²) in [6.45, 7) is -1.47. The van der Waals surface area contributed by atoms with Crippen molar-refractivity contribution in [3.05, 3.63) is 56.5 Å². The average Bonchev–Trinajstić information content (AvgIpc) is 2.61. The van der Waals surface area contributed by atoms with Crippen molar-refractivity contribution in [1.82, 2.24) is 0 Å². The third kappa shape index (κ3) is 5.39. The molecule has 0 saturated carbocycles. The highest BCUT2D eigenvalue weighted by molar-refractivity contribution is 9.10. The van der Waals surface area contributed by atoms with Crippen LogP contribution in [-0.4, -0.2) is 35.2 Å². The second-order valence-electron chi connectivity index (χ2n) is 5.22. The summed E-state index contributed by atoms with van der Waals surface area (Å²) in [7, 11) is 0. The lowest BCUT2D eigenvalue weighted by Gasteiger charge is -2.15. The number of hydrogen-bond donors (Lipinski definition) is 1. The Bertz CT molecular complexity index is 860. The highest BCUT2D eigenvalue weighted by atomic mass is 79.9. The predicted octanol–water partition coefficient (Wildman–Crippen LogP) is 5.09. The molecule has 0 fully saturated rings. The van der Waals surface area contributed by atoms with Crippen LogP contribution < -0.4 is 4.74 Å². The first-order valence-corrected chi connectivity index (χ1v) is 7.99. The zero-order valence-electron chi connectivity index (χ0n) is 13.3. The minimum Gasteiger partial charge on any atom is -0.502 e. The second-order valence-corrected chi connectivity index (χ2v) is 6.14. The predicted molar refractivity (Wildman–Crippen MR) is 92.6 cm³/mol. The van der Waals surface area contributed by atoms with E-state index in [-0.39, 0.29) is 11.3 Å². The van der Waals surface area contributed by atoms with Gasteiger partial charge in [-0.25, -0.2) is 8.78 Å². The summed E-state index contributed by atoms with van der Waals surface area (Å²) >= 11 is 3.09. The van der Waals surface area contributed by atoms with Gasteiger partial charge in [-0.15, -0.1) is 0 Å². The Morgan fingerprint density at radius 2 is 1.93 bits per heavy atom. The van der Waals surface area contributed by atoms with Crippen LogP contribution in [0.3, 0.4) is 0 Å². The van der Waals surface area contributed by atoms with Gasteiger partial charge < -0.3 is 9.84 Å². The summed E-state index contributed by atoms with van der Waals surface area (Å²) in [5.74, 6) is -4.89. The van der Waals surface area contributed by atoms with Gasteiger partial charge in [-0.1, -0.05) is 15.9 Å². The molecule has 0 saturated heterocycles. The van der Waals surface area contributed by atoms with Crippen molar-refractivity contribution in [3.8, 4) is 11.5 Å². The minimum absolute atomic E-state index is 0.0600. The van der Waals surface area contributed by atoms with E-state index in [1.54, 1.807) is 0 Å². The lowest BCUT2D eigenvalue weighted by Crippen LogP contribution is -2.33. The van der Waals surface area contributed by atoms with Gasteiger partial charge in [0.1, 0.15) is 5.75 Å². The lowest BCUT2D eigenvalue weighted by molar-refractivity contribution is -0.385. The number of alkyl halides is 4. The molecule has 27 heavy (non-hydrogen) atoms. The van der Waals surface area contributed by atoms with Crippen LogP contribution in [0.2, 0.25) is 0 Å². The van der Waals surface area contributed by atoms with Crippen LogP contribution in [0.15, 0.2) is 45.9 Å². The molecule has 0 aliphatic rings. The highest BCUT2D eigenvalue weighted by Crippen LogP contribution is 2.33. The Morgan fingerprint density at radius 1 is 1.30 bits per heavy atom. The van der Waals surface area contributed by atoms with E-state index in [9.17, 15) is 32.8 Å². The zero-order chi connectivity index (χ0) is 20.2. The van der Waals surface area contributed by atoms with E-state index in [2.05, 4.69) is 25.7 Å². The van der Waals surface area contributed by atoms with Crippen LogP contribution in [0.25, 0.3) is 0 Å². The van der Waals surface area contributed by atoms with Crippen molar-refractivity contribution in [2.75, 3.05) is 6.61 Å². The summed E-state index contributed by atoms with van der Waals surface area (Å²) < 4.78 is 54.7. The first kappa shape index (κ1) is 20.6. The number of aromatic hydroxyl groups is 1. The van der Waals surface area contributed by atoms with Crippen LogP contribution in [0, 0.1) is 10.1 Å². The Kier molecular flexibility index (Phi) is 6.37. The molecule has 0 unspecified atom stereocenters. The molecule has 2 aromatic rings. The van der Waals surface area contributed by atoms with Crippen molar-refractivity contribution in [1.29, 1.82) is 0 Å². The Hall–Kier alpha value is -2.69. The summed E-state index contributed by atoms with van der Waals surface area (Å²) in [6, 6.07) is 7.75. The van der Waals surface area contributed by atoms with Gasteiger partial charge >= 0.3 is 18.0 Å². The number of benzene rings is 2. The largest absolute Gasteiger partial charge is 0.502 e. The number of nitro groups is 1. The number of halogens is 5. The highest BCUT2D eigenvalue weighted by Gasteiger charge is 2.41. The first-order valence-electron chi connectivity index (χ1n) is 7.20. The summed E-state index contributed by atoms with van der Waals surface area (Å²) in [5, 5.41) is 20.8. The van der Waals surface area contributed by atoms with Crippen LogP contribution >= 0.6 is 15.9 Å². The van der Waals surface area contributed by atoms with Crippen LogP contribution in [0.5, 0.6) is 11.5 Å². The summed E-state index contributed by atoms with van der Waals surface area (Å²) in [6.07, 6.45) is -2.66. The molecule has 144 valence electrons. The van der Waals surface area contributed by atoms with Crippen LogP contribution in [0.1, 0.15) is 5.56 Å². The number of hydrogen-bond acceptors (Lipinski definition) is 5. The van der Waals surface area contributed by atoms with Crippen molar-refractivity contribution < 1.29 is 32.3 Å². The van der Waals surface area contributed by atoms with Crippen molar-refractivity contribution in [2.24, 2.45) is 4.99 Å². The Balaban J connectivity index is 2.12. The van der Waals surface area contributed by atoms with E-state index >= 15 is 0 Å².